The molecule has 2 nitrogen and oxygen atoms in total. The van der Waals surface area contributed by atoms with E-state index in [1.54, 1.807) is 6.26 Å². The fourth-order valence-corrected chi connectivity index (χ4v) is 2.85. The predicted molar refractivity (Wildman–Crippen MR) is 105 cm³/mol. The molecule has 1 aromatic rings. The van der Waals surface area contributed by atoms with Gasteiger partial charge >= 0.3 is 0 Å². The molecular weight excluding hydrogens is 316 g/mol. The fourth-order valence-electron chi connectivity index (χ4n) is 2.36. The van der Waals surface area contributed by atoms with Crippen LogP contribution in [0.1, 0.15) is 39.5 Å². The molecule has 0 unspecified atom stereocenters. The van der Waals surface area contributed by atoms with Crippen molar-refractivity contribution in [2.24, 2.45) is 0 Å². The summed E-state index contributed by atoms with van der Waals surface area (Å²) in [6.07, 6.45) is 6.67. The van der Waals surface area contributed by atoms with Gasteiger partial charge in [0.15, 0.2) is 0 Å². The van der Waals surface area contributed by atoms with E-state index in [-0.39, 0.29) is 0 Å². The Morgan fingerprint density at radius 1 is 0.952 bits per heavy atom. The van der Waals surface area contributed by atoms with Gasteiger partial charge in [-0.05, 0) is 57.6 Å². The normalized spacial score (nSPS) is 10.6. The lowest BCUT2D eigenvalue weighted by Gasteiger charge is -2.23. The first kappa shape index (κ1) is 21.0. The largest absolute Gasteiger partial charge is 0.373 e. The number of thiol groups is 1. The second kappa shape index (κ2) is 12.6. The van der Waals surface area contributed by atoms with E-state index in [0.29, 0.717) is 0 Å². The Morgan fingerprint density at radius 3 is 1.90 bits per heavy atom. The van der Waals surface area contributed by atoms with Gasteiger partial charge < -0.3 is 9.80 Å². The van der Waals surface area contributed by atoms with Gasteiger partial charge in [0.25, 0.3) is 0 Å². The van der Waals surface area contributed by atoms with Crippen molar-refractivity contribution in [2.75, 3.05) is 44.4 Å². The van der Waals surface area contributed by atoms with Crippen LogP contribution in [0.4, 0.5) is 5.69 Å². The predicted octanol–water partition coefficient (Wildman–Crippen LogP) is 4.91. The Kier molecular flexibility index (Phi) is 12.6. The SMILES string of the molecule is CCCN(CCC)CCCCN(C)c1cc(=S)c1=S.CS. The third kappa shape index (κ3) is 7.73. The Bertz CT molecular complexity index is 432. The highest BCUT2D eigenvalue weighted by Crippen LogP contribution is 2.21. The molecular formula is C16H30N2S3. The molecule has 0 spiro atoms. The van der Waals surface area contributed by atoms with Crippen LogP contribution in [0.15, 0.2) is 6.07 Å². The molecule has 0 radical (unpaired) electrons. The number of anilines is 1. The van der Waals surface area contributed by atoms with E-state index in [1.807, 2.05) is 6.07 Å². The summed E-state index contributed by atoms with van der Waals surface area (Å²) < 4.78 is 1.71. The van der Waals surface area contributed by atoms with Gasteiger partial charge in [0.1, 0.15) is 0 Å². The van der Waals surface area contributed by atoms with Crippen molar-refractivity contribution < 1.29 is 0 Å². The molecule has 1 aromatic carbocycles. The van der Waals surface area contributed by atoms with Crippen molar-refractivity contribution in [3.05, 3.63) is 15.1 Å². The summed E-state index contributed by atoms with van der Waals surface area (Å²) in [4.78, 5) is 4.81. The third-order valence-electron chi connectivity index (χ3n) is 3.43. The van der Waals surface area contributed by atoms with Gasteiger partial charge in [0, 0.05) is 13.6 Å². The van der Waals surface area contributed by atoms with Crippen molar-refractivity contribution in [3.63, 3.8) is 0 Å². The minimum Gasteiger partial charge on any atom is -0.373 e. The first-order valence-corrected chi connectivity index (χ1v) is 9.49. The van der Waals surface area contributed by atoms with E-state index >= 15 is 0 Å². The molecule has 0 amide bonds. The maximum atomic E-state index is 5.23. The molecule has 0 saturated heterocycles. The summed E-state index contributed by atoms with van der Waals surface area (Å²) >= 11 is 13.8. The molecule has 0 aliphatic heterocycles. The van der Waals surface area contributed by atoms with Crippen LogP contribution in [0, 0.1) is 9.02 Å². The zero-order chi connectivity index (χ0) is 16.3. The summed E-state index contributed by atoms with van der Waals surface area (Å²) in [7, 11) is 2.11. The average Bonchev–Trinajstić information content (AvgIpc) is 2.50. The quantitative estimate of drug-likeness (QED) is 0.365. The second-order valence-corrected chi connectivity index (χ2v) is 6.04. The Morgan fingerprint density at radius 2 is 1.48 bits per heavy atom. The highest BCUT2D eigenvalue weighted by atomic mass is 32.1. The Hall–Kier alpha value is 0.0300. The molecule has 122 valence electrons. The second-order valence-electron chi connectivity index (χ2n) is 5.19. The summed E-state index contributed by atoms with van der Waals surface area (Å²) in [5.41, 5.74) is 1.15. The van der Waals surface area contributed by atoms with Gasteiger partial charge in [-0.1, -0.05) is 38.3 Å². The maximum absolute atomic E-state index is 5.23. The van der Waals surface area contributed by atoms with Crippen LogP contribution in [0.3, 0.4) is 0 Å². The monoisotopic (exact) mass is 346 g/mol. The number of hydrogen-bond donors (Lipinski definition) is 1. The van der Waals surface area contributed by atoms with Gasteiger partial charge in [-0.3, -0.25) is 0 Å². The standard InChI is InChI=1S/C15H26N2S2.CH4S/c1-4-8-17(9-5-2)11-7-6-10-16(3)13-12-14(18)15(13)19;1-2/h12H,4-11H2,1-3H3;2H,1H3. The molecule has 1 rings (SSSR count). The maximum Gasteiger partial charge on any atom is 0.0792 e. The highest BCUT2D eigenvalue weighted by molar-refractivity contribution is 7.79. The lowest BCUT2D eigenvalue weighted by atomic mass is 10.2. The molecule has 0 atom stereocenters. The minimum absolute atomic E-state index is 0.842. The van der Waals surface area contributed by atoms with Crippen LogP contribution in [-0.4, -0.2) is 44.4 Å². The first-order chi connectivity index (χ1) is 10.1. The van der Waals surface area contributed by atoms with Gasteiger partial charge in [-0.25, -0.2) is 0 Å². The zero-order valence-electron chi connectivity index (χ0n) is 13.9. The molecule has 0 heterocycles. The average molecular weight is 347 g/mol. The first-order valence-electron chi connectivity index (χ1n) is 7.78. The van der Waals surface area contributed by atoms with Gasteiger partial charge in [-0.2, -0.15) is 12.6 Å². The van der Waals surface area contributed by atoms with E-state index in [9.17, 15) is 0 Å². The van der Waals surface area contributed by atoms with Crippen LogP contribution in [0.2, 0.25) is 0 Å². The molecule has 0 aliphatic carbocycles. The summed E-state index contributed by atoms with van der Waals surface area (Å²) in [5, 5.41) is 0. The number of nitrogens with zero attached hydrogens (tertiary/aromatic N) is 2. The van der Waals surface area contributed by atoms with Crippen LogP contribution in [0.25, 0.3) is 0 Å². The number of rotatable bonds is 10. The van der Waals surface area contributed by atoms with Crippen LogP contribution >= 0.6 is 37.1 Å². The molecule has 21 heavy (non-hydrogen) atoms. The summed E-state index contributed by atoms with van der Waals surface area (Å²) in [5.74, 6) is 0. The molecule has 0 bridgehead atoms. The molecule has 0 aliphatic rings. The summed E-state index contributed by atoms with van der Waals surface area (Å²) in [6.45, 7) is 9.26. The van der Waals surface area contributed by atoms with Crippen LogP contribution < -0.4 is 4.90 Å². The smallest absolute Gasteiger partial charge is 0.0792 e. The Labute approximate surface area is 146 Å². The highest BCUT2D eigenvalue weighted by Gasteiger charge is 2.08. The molecule has 5 heteroatoms. The fraction of sp³-hybridized carbons (Fsp3) is 0.750. The molecule has 0 aromatic heterocycles. The van der Waals surface area contributed by atoms with Gasteiger partial charge in [0.05, 0.1) is 14.7 Å². The van der Waals surface area contributed by atoms with E-state index < -0.39 is 0 Å². The molecule has 0 N–H and O–H groups in total. The molecule has 0 saturated carbocycles. The van der Waals surface area contributed by atoms with Crippen molar-refractivity contribution in [1.29, 1.82) is 0 Å². The third-order valence-corrected chi connectivity index (χ3v) is 4.31. The van der Waals surface area contributed by atoms with Crippen molar-refractivity contribution in [3.8, 4) is 0 Å². The minimum atomic E-state index is 0.842. The Balaban J connectivity index is 0.00000191. The summed E-state index contributed by atoms with van der Waals surface area (Å²) in [6, 6.07) is 2.01. The van der Waals surface area contributed by atoms with Crippen molar-refractivity contribution >= 4 is 42.8 Å². The molecule has 0 fully saturated rings. The van der Waals surface area contributed by atoms with Gasteiger partial charge in [0.2, 0.25) is 0 Å². The van der Waals surface area contributed by atoms with E-state index in [0.717, 1.165) is 21.3 Å². The van der Waals surface area contributed by atoms with Crippen LogP contribution in [-0.2, 0) is 0 Å². The van der Waals surface area contributed by atoms with E-state index in [2.05, 4.69) is 43.3 Å². The zero-order valence-corrected chi connectivity index (χ0v) is 16.4. The van der Waals surface area contributed by atoms with Crippen LogP contribution in [0.5, 0.6) is 0 Å². The lowest BCUT2D eigenvalue weighted by molar-refractivity contribution is 0.269. The van der Waals surface area contributed by atoms with E-state index in [4.69, 9.17) is 24.4 Å². The van der Waals surface area contributed by atoms with Crippen molar-refractivity contribution in [1.82, 2.24) is 4.90 Å². The lowest BCUT2D eigenvalue weighted by Crippen LogP contribution is -2.27. The topological polar surface area (TPSA) is 6.48 Å². The van der Waals surface area contributed by atoms with Crippen molar-refractivity contribution in [2.45, 2.75) is 39.5 Å². The number of unbranched alkanes of at least 4 members (excludes halogenated alkanes) is 1. The number of hydrogen-bond acceptors (Lipinski definition) is 5. The van der Waals surface area contributed by atoms with Gasteiger partial charge in [-0.15, -0.1) is 0 Å². The van der Waals surface area contributed by atoms with E-state index in [1.165, 1.54) is 45.3 Å².